The van der Waals surface area contributed by atoms with Crippen LogP contribution in [0.1, 0.15) is 52.0 Å². The summed E-state index contributed by atoms with van der Waals surface area (Å²) in [6, 6.07) is 9.48. The van der Waals surface area contributed by atoms with Crippen LogP contribution in [0.25, 0.3) is 0 Å². The molecule has 4 unspecified atom stereocenters. The molecule has 0 radical (unpaired) electrons. The zero-order valence-electron chi connectivity index (χ0n) is 19.0. The number of carboxylic acids is 1. The van der Waals surface area contributed by atoms with Gasteiger partial charge >= 0.3 is 5.97 Å². The van der Waals surface area contributed by atoms with Crippen molar-refractivity contribution in [2.45, 2.75) is 52.6 Å². The van der Waals surface area contributed by atoms with Gasteiger partial charge in [-0.2, -0.15) is 0 Å². The highest BCUT2D eigenvalue weighted by Crippen LogP contribution is 2.83. The van der Waals surface area contributed by atoms with Gasteiger partial charge in [0, 0.05) is 11.0 Å². The lowest BCUT2D eigenvalue weighted by molar-refractivity contribution is -0.188. The molecule has 1 aromatic rings. The van der Waals surface area contributed by atoms with E-state index in [4.69, 9.17) is 0 Å². The number of hydrogen-bond donors (Lipinski definition) is 2. The summed E-state index contributed by atoms with van der Waals surface area (Å²) in [6.07, 6.45) is 4.98. The zero-order chi connectivity index (χ0) is 22.9. The second kappa shape index (κ2) is 7.06. The second-order valence-electron chi connectivity index (χ2n) is 10.9. The number of allylic oxidation sites excluding steroid dienone is 1. The average Bonchev–Trinajstić information content (AvgIpc) is 3.36. The van der Waals surface area contributed by atoms with E-state index in [0.29, 0.717) is 18.8 Å². The number of aldehydes is 1. The molecule has 5 rings (SSSR count). The molecule has 2 N–H and O–H groups in total. The van der Waals surface area contributed by atoms with Gasteiger partial charge in [0.25, 0.3) is 0 Å². The Hall–Kier alpha value is -2.38. The second-order valence-corrected chi connectivity index (χ2v) is 10.9. The van der Waals surface area contributed by atoms with Crippen LogP contribution in [0.4, 0.5) is 0 Å². The summed E-state index contributed by atoms with van der Waals surface area (Å²) in [5, 5.41) is 22.7. The molecule has 4 nitrogen and oxygen atoms in total. The molecule has 8 atom stereocenters. The van der Waals surface area contributed by atoms with E-state index in [0.717, 1.165) is 30.3 Å². The van der Waals surface area contributed by atoms with Crippen molar-refractivity contribution in [2.75, 3.05) is 0 Å². The van der Waals surface area contributed by atoms with Gasteiger partial charge in [-0.3, -0.25) is 4.79 Å². The van der Waals surface area contributed by atoms with E-state index in [1.54, 1.807) is 0 Å². The Morgan fingerprint density at radius 3 is 2.53 bits per heavy atom. The molecule has 3 fully saturated rings. The summed E-state index contributed by atoms with van der Waals surface area (Å²) in [7, 11) is 0. The first-order chi connectivity index (χ1) is 15.3. The maximum atomic E-state index is 13.4. The van der Waals surface area contributed by atoms with E-state index in [-0.39, 0.29) is 23.7 Å². The van der Waals surface area contributed by atoms with Gasteiger partial charge in [0.2, 0.25) is 0 Å². The minimum absolute atomic E-state index is 0.0141. The molecule has 4 bridgehead atoms. The Kier molecular flexibility index (Phi) is 4.73. The lowest BCUT2D eigenvalue weighted by atomic mass is 9.41. The Balaban J connectivity index is 1.74. The molecule has 4 aliphatic carbocycles. The fourth-order valence-electron chi connectivity index (χ4n) is 8.56. The van der Waals surface area contributed by atoms with Crippen LogP contribution in [0.15, 0.2) is 42.0 Å². The van der Waals surface area contributed by atoms with E-state index in [2.05, 4.69) is 24.8 Å². The summed E-state index contributed by atoms with van der Waals surface area (Å²) in [5.74, 6) is 5.73. The molecule has 168 valence electrons. The highest BCUT2D eigenvalue weighted by Gasteiger charge is 2.85. The number of aliphatic hydroxyl groups is 1. The molecule has 4 aliphatic rings. The molecule has 0 heterocycles. The van der Waals surface area contributed by atoms with Gasteiger partial charge in [-0.05, 0) is 61.0 Å². The summed E-state index contributed by atoms with van der Waals surface area (Å²) in [5.41, 5.74) is -1.72. The molecule has 0 saturated heterocycles. The van der Waals surface area contributed by atoms with Crippen LogP contribution in [0, 0.1) is 57.7 Å². The van der Waals surface area contributed by atoms with Crippen molar-refractivity contribution in [2.24, 2.45) is 45.8 Å². The van der Waals surface area contributed by atoms with Gasteiger partial charge in [-0.25, -0.2) is 0 Å². The third kappa shape index (κ3) is 2.28. The SMILES string of the molecule is CC(C)C1=CC2CC3(C=O)[C@@H]4CC[C@@H](C)[C@H]4CC2(C(O)C#Cc2ccccc2)[C@]13C(=O)O. The van der Waals surface area contributed by atoms with Crippen LogP contribution in [0.2, 0.25) is 0 Å². The highest BCUT2D eigenvalue weighted by molar-refractivity contribution is 5.90. The maximum absolute atomic E-state index is 13.4. The number of aliphatic hydroxyl groups excluding tert-OH is 1. The quantitative estimate of drug-likeness (QED) is 0.422. The first-order valence-corrected chi connectivity index (χ1v) is 11.9. The highest BCUT2D eigenvalue weighted by atomic mass is 16.4. The van der Waals surface area contributed by atoms with E-state index in [9.17, 15) is 19.8 Å². The van der Waals surface area contributed by atoms with Gasteiger partial charge < -0.3 is 15.0 Å². The minimum atomic E-state index is -1.39. The predicted octanol–water partition coefficient (Wildman–Crippen LogP) is 4.32. The summed E-state index contributed by atoms with van der Waals surface area (Å²) >= 11 is 0. The number of benzene rings is 1. The monoisotopic (exact) mass is 432 g/mol. The van der Waals surface area contributed by atoms with Crippen molar-refractivity contribution >= 4 is 12.3 Å². The Bertz CT molecular complexity index is 1050. The summed E-state index contributed by atoms with van der Waals surface area (Å²) < 4.78 is 0. The van der Waals surface area contributed by atoms with Gasteiger partial charge in [-0.15, -0.1) is 0 Å². The largest absolute Gasteiger partial charge is 0.481 e. The molecule has 0 spiro atoms. The normalized spacial score (nSPS) is 42.1. The first kappa shape index (κ1) is 21.5. The first-order valence-electron chi connectivity index (χ1n) is 11.9. The van der Waals surface area contributed by atoms with Crippen molar-refractivity contribution in [1.82, 2.24) is 0 Å². The van der Waals surface area contributed by atoms with Gasteiger partial charge in [0.1, 0.15) is 17.8 Å². The van der Waals surface area contributed by atoms with Crippen molar-refractivity contribution in [3.63, 3.8) is 0 Å². The topological polar surface area (TPSA) is 74.6 Å². The van der Waals surface area contributed by atoms with Crippen LogP contribution in [0.5, 0.6) is 0 Å². The van der Waals surface area contributed by atoms with E-state index < -0.39 is 28.3 Å². The Labute approximate surface area is 190 Å². The number of fused-ring (bicyclic) bond motifs is 2. The zero-order valence-corrected chi connectivity index (χ0v) is 19.0. The Morgan fingerprint density at radius 1 is 1.19 bits per heavy atom. The molecule has 0 amide bonds. The third-order valence-electron chi connectivity index (χ3n) is 9.61. The molecular weight excluding hydrogens is 400 g/mol. The van der Waals surface area contributed by atoms with Crippen molar-refractivity contribution in [3.05, 3.63) is 47.5 Å². The van der Waals surface area contributed by atoms with Crippen molar-refractivity contribution < 1.29 is 19.8 Å². The number of hydrogen-bond acceptors (Lipinski definition) is 3. The smallest absolute Gasteiger partial charge is 0.315 e. The van der Waals surface area contributed by atoms with E-state index in [1.807, 2.05) is 44.2 Å². The Morgan fingerprint density at radius 2 is 1.91 bits per heavy atom. The lowest BCUT2D eigenvalue weighted by Gasteiger charge is -2.59. The standard InChI is InChI=1S/C28H32O4/c1-17(2)23-13-20-14-26(16-29)22-11-9-18(3)21(22)15-27(20,28(23,26)25(31)32)24(30)12-10-19-7-5-4-6-8-19/h4-8,13,16-18,20-22,24,30H,9,11,14-15H2,1-3H3,(H,31,32)/t18-,20?,21-,22-,24?,26?,27?,28+/m1/s1. The number of carbonyl (C=O) groups is 2. The van der Waals surface area contributed by atoms with Crippen LogP contribution in [-0.2, 0) is 9.59 Å². The van der Waals surface area contributed by atoms with Crippen LogP contribution in [0.3, 0.4) is 0 Å². The number of carbonyl (C=O) groups excluding carboxylic acids is 1. The van der Waals surface area contributed by atoms with Gasteiger partial charge in [0.15, 0.2) is 0 Å². The molecule has 32 heavy (non-hydrogen) atoms. The van der Waals surface area contributed by atoms with Crippen molar-refractivity contribution in [3.8, 4) is 11.8 Å². The molecule has 0 aromatic heterocycles. The predicted molar refractivity (Wildman–Crippen MR) is 121 cm³/mol. The molecule has 1 aromatic carbocycles. The summed E-state index contributed by atoms with van der Waals surface area (Å²) in [6.45, 7) is 6.24. The van der Waals surface area contributed by atoms with Crippen LogP contribution < -0.4 is 0 Å². The molecule has 4 heteroatoms. The maximum Gasteiger partial charge on any atom is 0.315 e. The lowest BCUT2D eigenvalue weighted by Crippen LogP contribution is -2.65. The molecule has 3 saturated carbocycles. The number of rotatable bonds is 4. The van der Waals surface area contributed by atoms with E-state index in [1.165, 1.54) is 0 Å². The van der Waals surface area contributed by atoms with Gasteiger partial charge in [0.05, 0.1) is 5.41 Å². The minimum Gasteiger partial charge on any atom is -0.481 e. The van der Waals surface area contributed by atoms with Crippen molar-refractivity contribution in [1.29, 1.82) is 0 Å². The van der Waals surface area contributed by atoms with Gasteiger partial charge in [-0.1, -0.05) is 68.9 Å². The van der Waals surface area contributed by atoms with Crippen LogP contribution in [-0.4, -0.2) is 28.6 Å². The van der Waals surface area contributed by atoms with Crippen LogP contribution >= 0.6 is 0 Å². The number of carboxylic acid groups (broad SMARTS) is 1. The molecule has 0 aliphatic heterocycles. The number of aliphatic carboxylic acids is 1. The summed E-state index contributed by atoms with van der Waals surface area (Å²) in [4.78, 5) is 26.4. The molecular formula is C28H32O4. The fourth-order valence-corrected chi connectivity index (χ4v) is 8.56. The third-order valence-corrected chi connectivity index (χ3v) is 9.61. The van der Waals surface area contributed by atoms with E-state index >= 15 is 0 Å². The fraction of sp³-hybridized carbons (Fsp3) is 0.571. The average molecular weight is 433 g/mol.